The lowest BCUT2D eigenvalue weighted by atomic mass is 9.97. The van der Waals surface area contributed by atoms with Gasteiger partial charge in [-0.05, 0) is 26.0 Å². The largest absolute Gasteiger partial charge is 0.315 e. The van der Waals surface area contributed by atoms with Gasteiger partial charge in [0.2, 0.25) is 5.91 Å². The molecule has 1 heterocycles. The number of hydrogen-bond acceptors (Lipinski definition) is 3. The second kappa shape index (κ2) is 4.66. The van der Waals surface area contributed by atoms with Crippen molar-refractivity contribution in [2.45, 2.75) is 19.4 Å². The standard InChI is InChI=1S/C13H12F2N2O3/c1-13(2)12(20)16-10(18)6-17(13)11(19)8-4-3-7(14)5-9(8)15/h3-5H,6H2,1-2H3,(H,16,18,20). The monoisotopic (exact) mass is 282 g/mol. The molecule has 1 saturated heterocycles. The summed E-state index contributed by atoms with van der Waals surface area (Å²) in [7, 11) is 0. The Hall–Kier alpha value is -2.31. The Bertz CT molecular complexity index is 614. The Kier molecular flexibility index (Phi) is 3.29. The van der Waals surface area contributed by atoms with Crippen LogP contribution in [0.1, 0.15) is 24.2 Å². The zero-order chi connectivity index (χ0) is 15.1. The van der Waals surface area contributed by atoms with E-state index in [-0.39, 0.29) is 12.1 Å². The first-order chi connectivity index (χ1) is 9.23. The molecule has 3 amide bonds. The van der Waals surface area contributed by atoms with E-state index in [1.54, 1.807) is 0 Å². The zero-order valence-electron chi connectivity index (χ0n) is 10.9. The minimum Gasteiger partial charge on any atom is -0.315 e. The van der Waals surface area contributed by atoms with E-state index >= 15 is 0 Å². The van der Waals surface area contributed by atoms with Gasteiger partial charge in [-0.2, -0.15) is 0 Å². The van der Waals surface area contributed by atoms with Gasteiger partial charge in [0.1, 0.15) is 23.7 Å². The Morgan fingerprint density at radius 1 is 1.30 bits per heavy atom. The summed E-state index contributed by atoms with van der Waals surface area (Å²) in [6, 6.07) is 2.50. The normalized spacial score (nSPS) is 17.9. The van der Waals surface area contributed by atoms with Crippen molar-refractivity contribution < 1.29 is 23.2 Å². The summed E-state index contributed by atoms with van der Waals surface area (Å²) in [6.07, 6.45) is 0. The van der Waals surface area contributed by atoms with Crippen LogP contribution in [0.5, 0.6) is 0 Å². The second-order valence-corrected chi connectivity index (χ2v) is 4.95. The summed E-state index contributed by atoms with van der Waals surface area (Å²) in [6.45, 7) is 2.51. The predicted molar refractivity (Wildman–Crippen MR) is 64.6 cm³/mol. The van der Waals surface area contributed by atoms with Crippen LogP contribution >= 0.6 is 0 Å². The van der Waals surface area contributed by atoms with E-state index in [9.17, 15) is 23.2 Å². The average molecular weight is 282 g/mol. The summed E-state index contributed by atoms with van der Waals surface area (Å²) < 4.78 is 26.5. The molecule has 0 bridgehead atoms. The molecule has 0 atom stereocenters. The molecule has 1 N–H and O–H groups in total. The molecule has 2 rings (SSSR count). The quantitative estimate of drug-likeness (QED) is 0.776. The number of nitrogens with one attached hydrogen (secondary N) is 1. The van der Waals surface area contributed by atoms with Gasteiger partial charge in [-0.25, -0.2) is 8.78 Å². The highest BCUT2D eigenvalue weighted by Crippen LogP contribution is 2.22. The number of piperazine rings is 1. The van der Waals surface area contributed by atoms with Crippen LogP contribution in [0.15, 0.2) is 18.2 Å². The molecule has 1 aromatic carbocycles. The molecular weight excluding hydrogens is 270 g/mol. The molecule has 20 heavy (non-hydrogen) atoms. The molecule has 7 heteroatoms. The highest BCUT2D eigenvalue weighted by atomic mass is 19.1. The summed E-state index contributed by atoms with van der Waals surface area (Å²) in [5, 5.41) is 2.10. The van der Waals surface area contributed by atoms with E-state index in [1.165, 1.54) is 13.8 Å². The molecule has 0 spiro atoms. The van der Waals surface area contributed by atoms with E-state index in [1.807, 2.05) is 0 Å². The van der Waals surface area contributed by atoms with Crippen LogP contribution in [-0.2, 0) is 9.59 Å². The molecule has 106 valence electrons. The van der Waals surface area contributed by atoms with E-state index in [0.717, 1.165) is 17.0 Å². The van der Waals surface area contributed by atoms with E-state index in [0.29, 0.717) is 6.07 Å². The number of carbonyl (C=O) groups excluding carboxylic acids is 3. The van der Waals surface area contributed by atoms with Gasteiger partial charge in [0.05, 0.1) is 5.56 Å². The predicted octanol–water partition coefficient (Wildman–Crippen LogP) is 0.842. The second-order valence-electron chi connectivity index (χ2n) is 4.95. The minimum absolute atomic E-state index is 0.367. The third-order valence-corrected chi connectivity index (χ3v) is 3.19. The molecule has 1 aromatic rings. The molecule has 0 unspecified atom stereocenters. The van der Waals surface area contributed by atoms with Crippen LogP contribution in [0, 0.1) is 11.6 Å². The maximum absolute atomic E-state index is 13.6. The molecule has 5 nitrogen and oxygen atoms in total. The van der Waals surface area contributed by atoms with Crippen molar-refractivity contribution in [1.29, 1.82) is 0 Å². The number of carbonyl (C=O) groups is 3. The first-order valence-corrected chi connectivity index (χ1v) is 5.85. The van der Waals surface area contributed by atoms with Crippen LogP contribution in [0.3, 0.4) is 0 Å². The van der Waals surface area contributed by atoms with Crippen LogP contribution in [0.2, 0.25) is 0 Å². The first kappa shape index (κ1) is 14.1. The lowest BCUT2D eigenvalue weighted by Gasteiger charge is -2.40. The van der Waals surface area contributed by atoms with Crippen LogP contribution < -0.4 is 5.32 Å². The Morgan fingerprint density at radius 2 is 1.95 bits per heavy atom. The molecule has 1 fully saturated rings. The van der Waals surface area contributed by atoms with Crippen LogP contribution in [-0.4, -0.2) is 34.7 Å². The van der Waals surface area contributed by atoms with Gasteiger partial charge in [0.15, 0.2) is 0 Å². The van der Waals surface area contributed by atoms with Gasteiger partial charge in [0.25, 0.3) is 11.8 Å². The van der Waals surface area contributed by atoms with Crippen molar-refractivity contribution in [3.8, 4) is 0 Å². The number of amides is 3. The van der Waals surface area contributed by atoms with E-state index in [4.69, 9.17) is 0 Å². The summed E-state index contributed by atoms with van der Waals surface area (Å²) >= 11 is 0. The zero-order valence-corrected chi connectivity index (χ0v) is 10.9. The Morgan fingerprint density at radius 3 is 2.55 bits per heavy atom. The molecule has 1 aliphatic heterocycles. The average Bonchev–Trinajstić information content (AvgIpc) is 2.33. The summed E-state index contributed by atoms with van der Waals surface area (Å²) in [5.41, 5.74) is -1.69. The van der Waals surface area contributed by atoms with Crippen LogP contribution in [0.4, 0.5) is 8.78 Å². The molecule has 0 aromatic heterocycles. The highest BCUT2D eigenvalue weighted by Gasteiger charge is 2.44. The van der Waals surface area contributed by atoms with Gasteiger partial charge in [0, 0.05) is 6.07 Å². The fraction of sp³-hybridized carbons (Fsp3) is 0.308. The lowest BCUT2D eigenvalue weighted by Crippen LogP contribution is -2.65. The van der Waals surface area contributed by atoms with Gasteiger partial charge < -0.3 is 4.90 Å². The van der Waals surface area contributed by atoms with E-state index < -0.39 is 34.9 Å². The fourth-order valence-electron chi connectivity index (χ4n) is 1.92. The Balaban J connectivity index is 2.40. The van der Waals surface area contributed by atoms with E-state index in [2.05, 4.69) is 5.32 Å². The van der Waals surface area contributed by atoms with Gasteiger partial charge >= 0.3 is 0 Å². The molecule has 0 saturated carbocycles. The van der Waals surface area contributed by atoms with Gasteiger partial charge in [-0.3, -0.25) is 19.7 Å². The number of nitrogens with zero attached hydrogens (tertiary/aromatic N) is 1. The lowest BCUT2D eigenvalue weighted by molar-refractivity contribution is -0.143. The van der Waals surface area contributed by atoms with Crippen molar-refractivity contribution >= 4 is 17.7 Å². The molecule has 0 aliphatic carbocycles. The SMILES string of the molecule is CC1(C)C(=O)NC(=O)CN1C(=O)c1ccc(F)cc1F. The fourth-order valence-corrected chi connectivity index (χ4v) is 1.92. The maximum Gasteiger partial charge on any atom is 0.258 e. The van der Waals surface area contributed by atoms with Crippen molar-refractivity contribution in [3.63, 3.8) is 0 Å². The van der Waals surface area contributed by atoms with Gasteiger partial charge in [-0.1, -0.05) is 0 Å². The van der Waals surface area contributed by atoms with Gasteiger partial charge in [-0.15, -0.1) is 0 Å². The first-order valence-electron chi connectivity index (χ1n) is 5.85. The van der Waals surface area contributed by atoms with Crippen molar-refractivity contribution in [2.24, 2.45) is 0 Å². The number of halogens is 2. The summed E-state index contributed by atoms with van der Waals surface area (Å²) in [5.74, 6) is -3.99. The molecular formula is C13H12F2N2O3. The topological polar surface area (TPSA) is 66.5 Å². The van der Waals surface area contributed by atoms with Crippen molar-refractivity contribution in [1.82, 2.24) is 10.2 Å². The number of imide groups is 1. The number of hydrogen-bond donors (Lipinski definition) is 1. The minimum atomic E-state index is -1.30. The smallest absolute Gasteiger partial charge is 0.258 e. The number of benzene rings is 1. The third kappa shape index (κ3) is 2.26. The Labute approximate surface area is 113 Å². The van der Waals surface area contributed by atoms with Crippen molar-refractivity contribution in [2.75, 3.05) is 6.54 Å². The third-order valence-electron chi connectivity index (χ3n) is 3.19. The molecule has 1 aliphatic rings. The maximum atomic E-state index is 13.6. The van der Waals surface area contributed by atoms with Crippen molar-refractivity contribution in [3.05, 3.63) is 35.4 Å². The molecule has 0 radical (unpaired) electrons. The van der Waals surface area contributed by atoms with Crippen LogP contribution in [0.25, 0.3) is 0 Å². The number of rotatable bonds is 1. The summed E-state index contributed by atoms with van der Waals surface area (Å²) in [4.78, 5) is 36.3. The highest BCUT2D eigenvalue weighted by molar-refractivity contribution is 6.08.